The third-order valence-electron chi connectivity index (χ3n) is 9.88. The van der Waals surface area contributed by atoms with Gasteiger partial charge in [-0.3, -0.25) is 4.90 Å². The first-order valence-electron chi connectivity index (χ1n) is 15.7. The number of pyridine rings is 1. The smallest absolute Gasteiger partial charge is 0.407 e. The number of hydrogen-bond acceptors (Lipinski definition) is 8. The first-order valence-corrected chi connectivity index (χ1v) is 16.1. The number of carbonyl (C=O) groups is 1. The molecule has 3 atom stereocenters. The summed E-state index contributed by atoms with van der Waals surface area (Å²) in [5, 5.41) is 10.6. The number of halogens is 4. The SMILES string of the molecule is COCc1nc(Cl)c(C(C)(C)C)c2c1C(N1CC3CCC(C1)N3C(=O)O)=NC(OCC1(CN3CCC(=C(F)F)CC3)CC1)N2F. The van der Waals surface area contributed by atoms with Crippen molar-refractivity contribution >= 4 is 29.2 Å². The molecule has 4 fully saturated rings. The summed E-state index contributed by atoms with van der Waals surface area (Å²) in [6.45, 7) is 8.82. The Bertz CT molecular complexity index is 1370. The Kier molecular flexibility index (Phi) is 8.77. The molecule has 0 aromatic carbocycles. The van der Waals surface area contributed by atoms with Crippen LogP contribution in [0.15, 0.2) is 16.6 Å². The van der Waals surface area contributed by atoms with Gasteiger partial charge in [0.05, 0.1) is 42.2 Å². The second-order valence-corrected chi connectivity index (χ2v) is 14.5. The van der Waals surface area contributed by atoms with Crippen molar-refractivity contribution in [2.24, 2.45) is 10.4 Å². The lowest BCUT2D eigenvalue weighted by atomic mass is 9.84. The van der Waals surface area contributed by atoms with Crippen molar-refractivity contribution in [3.05, 3.63) is 33.6 Å². The van der Waals surface area contributed by atoms with Gasteiger partial charge in [-0.25, -0.2) is 14.8 Å². The number of nitrogens with zero attached hydrogens (tertiary/aromatic N) is 6. The van der Waals surface area contributed by atoms with Gasteiger partial charge in [0, 0.05) is 50.8 Å². The van der Waals surface area contributed by atoms with Gasteiger partial charge in [-0.05, 0) is 49.5 Å². The number of carboxylic acid groups (broad SMARTS) is 1. The normalized spacial score (nSPS) is 26.2. The molecule has 1 aromatic rings. The van der Waals surface area contributed by atoms with Crippen molar-refractivity contribution in [2.45, 2.75) is 89.8 Å². The monoisotopic (exact) mass is 654 g/mol. The zero-order chi connectivity index (χ0) is 32.3. The van der Waals surface area contributed by atoms with E-state index in [0.717, 1.165) is 25.7 Å². The van der Waals surface area contributed by atoms with Gasteiger partial charge in [-0.1, -0.05) is 36.9 Å². The number of methoxy groups -OCH3 is 1. The number of anilines is 1. The number of amides is 1. The summed E-state index contributed by atoms with van der Waals surface area (Å²) < 4.78 is 54.7. The van der Waals surface area contributed by atoms with Crippen LogP contribution in [-0.4, -0.2) is 102 Å². The van der Waals surface area contributed by atoms with Crippen LogP contribution >= 0.6 is 11.6 Å². The number of aliphatic imine (C=N–C) groups is 1. The molecular formula is C31H42ClF3N6O4. The maximum atomic E-state index is 16.8. The highest BCUT2D eigenvalue weighted by molar-refractivity contribution is 6.31. The second-order valence-electron chi connectivity index (χ2n) is 14.2. The largest absolute Gasteiger partial charge is 0.465 e. The highest BCUT2D eigenvalue weighted by Crippen LogP contribution is 2.49. The quantitative estimate of drug-likeness (QED) is 0.292. The third-order valence-corrected chi connectivity index (χ3v) is 10.2. The number of amidine groups is 1. The Hall–Kier alpha value is -2.61. The summed E-state index contributed by atoms with van der Waals surface area (Å²) in [4.78, 5) is 27.3. The Morgan fingerprint density at radius 2 is 1.78 bits per heavy atom. The Morgan fingerprint density at radius 1 is 1.13 bits per heavy atom. The van der Waals surface area contributed by atoms with E-state index in [1.807, 2.05) is 25.7 Å². The molecule has 1 N–H and O–H groups in total. The van der Waals surface area contributed by atoms with Crippen molar-refractivity contribution in [1.82, 2.24) is 19.7 Å². The molecular weight excluding hydrogens is 613 g/mol. The molecule has 248 valence electrons. The van der Waals surface area contributed by atoms with Crippen LogP contribution in [0.4, 0.5) is 23.7 Å². The van der Waals surface area contributed by atoms with Crippen molar-refractivity contribution in [2.75, 3.05) is 51.6 Å². The van der Waals surface area contributed by atoms with Crippen LogP contribution in [0.2, 0.25) is 5.15 Å². The molecule has 3 unspecified atom stereocenters. The van der Waals surface area contributed by atoms with E-state index in [1.54, 1.807) is 0 Å². The Morgan fingerprint density at radius 3 is 2.31 bits per heavy atom. The van der Waals surface area contributed by atoms with Gasteiger partial charge in [0.1, 0.15) is 11.0 Å². The first kappa shape index (κ1) is 32.3. The van der Waals surface area contributed by atoms with E-state index in [-0.39, 0.29) is 47.1 Å². The van der Waals surface area contributed by atoms with E-state index >= 15 is 4.48 Å². The molecule has 1 amide bonds. The summed E-state index contributed by atoms with van der Waals surface area (Å²) in [5.74, 6) is 0.501. The summed E-state index contributed by atoms with van der Waals surface area (Å²) in [6, 6.07) is -0.409. The maximum absolute atomic E-state index is 16.8. The molecule has 0 radical (unpaired) electrons. The molecule has 3 saturated heterocycles. The van der Waals surface area contributed by atoms with Gasteiger partial charge in [0.15, 0.2) is 0 Å². The number of piperazine rings is 1. The van der Waals surface area contributed by atoms with E-state index in [0.29, 0.717) is 73.3 Å². The van der Waals surface area contributed by atoms with Crippen LogP contribution in [0.3, 0.4) is 0 Å². The predicted molar refractivity (Wildman–Crippen MR) is 163 cm³/mol. The average Bonchev–Trinajstić information content (AvgIpc) is 3.68. The molecule has 4 aliphatic heterocycles. The summed E-state index contributed by atoms with van der Waals surface area (Å²) in [6.07, 6.45) is 0.206. The fraction of sp³-hybridized carbons (Fsp3) is 0.710. The van der Waals surface area contributed by atoms with E-state index < -0.39 is 23.9 Å². The molecule has 6 rings (SSSR count). The average molecular weight is 655 g/mol. The van der Waals surface area contributed by atoms with Gasteiger partial charge >= 0.3 is 6.09 Å². The number of likely N-dealkylation sites (tertiary alicyclic amines) is 2. The van der Waals surface area contributed by atoms with Gasteiger partial charge < -0.3 is 24.4 Å². The van der Waals surface area contributed by atoms with E-state index in [4.69, 9.17) is 26.1 Å². The van der Waals surface area contributed by atoms with Crippen LogP contribution in [0, 0.1) is 5.41 Å². The van der Waals surface area contributed by atoms with Crippen LogP contribution in [0.1, 0.15) is 76.1 Å². The molecule has 2 bridgehead atoms. The minimum atomic E-state index is -1.57. The number of aromatic nitrogens is 1. The number of fused-ring (bicyclic) bond motifs is 3. The van der Waals surface area contributed by atoms with Crippen molar-refractivity contribution in [1.29, 1.82) is 0 Å². The molecule has 14 heteroatoms. The summed E-state index contributed by atoms with van der Waals surface area (Å²) in [7, 11) is 1.53. The molecule has 5 aliphatic rings. The fourth-order valence-corrected chi connectivity index (χ4v) is 7.90. The van der Waals surface area contributed by atoms with Crippen molar-refractivity contribution in [3.8, 4) is 0 Å². The van der Waals surface area contributed by atoms with Crippen molar-refractivity contribution in [3.63, 3.8) is 0 Å². The zero-order valence-electron chi connectivity index (χ0n) is 26.3. The maximum Gasteiger partial charge on any atom is 0.407 e. The van der Waals surface area contributed by atoms with Crippen LogP contribution in [0.25, 0.3) is 0 Å². The highest BCUT2D eigenvalue weighted by Gasteiger charge is 2.49. The standard InChI is InChI=1S/C31H42ClF3N6O4/c1-30(2,3)23-24-22(21(15-44-4)36-25(23)32)27(39-13-19-5-6-20(14-39)40(19)29(42)43)37-28(41(24)35)45-17-31(9-10-31)16-38-11-7-18(8-12-38)26(33)34/h19-20,28H,5-17H2,1-4H3,(H,42,43). The van der Waals surface area contributed by atoms with E-state index in [9.17, 15) is 18.7 Å². The Labute approximate surface area is 266 Å². The molecule has 5 heterocycles. The number of rotatable bonds is 7. The molecule has 45 heavy (non-hydrogen) atoms. The molecule has 0 spiro atoms. The summed E-state index contributed by atoms with van der Waals surface area (Å²) >= 11 is 6.76. The van der Waals surface area contributed by atoms with Gasteiger partial charge in [-0.2, -0.15) is 13.9 Å². The first-order chi connectivity index (χ1) is 21.3. The lowest BCUT2D eigenvalue weighted by molar-refractivity contribution is -0.00856. The molecule has 1 aliphatic carbocycles. The number of ether oxygens (including phenoxy) is 2. The Balaban J connectivity index is 1.32. The fourth-order valence-electron chi connectivity index (χ4n) is 7.43. The zero-order valence-corrected chi connectivity index (χ0v) is 27.0. The highest BCUT2D eigenvalue weighted by atomic mass is 35.5. The van der Waals surface area contributed by atoms with Crippen LogP contribution in [-0.2, 0) is 21.5 Å². The van der Waals surface area contributed by atoms with Gasteiger partial charge in [0.2, 0.25) is 0 Å². The van der Waals surface area contributed by atoms with Gasteiger partial charge in [-0.15, -0.1) is 0 Å². The molecule has 1 aromatic heterocycles. The lowest BCUT2D eigenvalue weighted by Gasteiger charge is -2.44. The van der Waals surface area contributed by atoms with E-state index in [1.165, 1.54) is 12.0 Å². The third kappa shape index (κ3) is 6.25. The topological polar surface area (TPSA) is 94.0 Å². The summed E-state index contributed by atoms with van der Waals surface area (Å²) in [5.41, 5.74) is 1.14. The van der Waals surface area contributed by atoms with Crippen LogP contribution in [0.5, 0.6) is 0 Å². The lowest BCUT2D eigenvalue weighted by Crippen LogP contribution is -2.58. The van der Waals surface area contributed by atoms with Crippen molar-refractivity contribution < 1.29 is 32.6 Å². The molecule has 10 nitrogen and oxygen atoms in total. The minimum Gasteiger partial charge on any atom is -0.465 e. The molecule has 1 saturated carbocycles. The predicted octanol–water partition coefficient (Wildman–Crippen LogP) is 5.78. The second kappa shape index (κ2) is 12.2. The van der Waals surface area contributed by atoms with Crippen LogP contribution < -0.4 is 5.12 Å². The number of piperidine rings is 1. The van der Waals surface area contributed by atoms with Gasteiger partial charge in [0.25, 0.3) is 12.4 Å². The minimum absolute atomic E-state index is 0.0783. The van der Waals surface area contributed by atoms with E-state index in [2.05, 4.69) is 9.88 Å². The number of hydrogen-bond donors (Lipinski definition) is 1.